The normalized spacial score (nSPS) is 15.3. The highest BCUT2D eigenvalue weighted by atomic mass is 35.5. The van der Waals surface area contributed by atoms with Crippen molar-refractivity contribution in [1.29, 1.82) is 0 Å². The van der Waals surface area contributed by atoms with E-state index in [9.17, 15) is 4.79 Å². The van der Waals surface area contributed by atoms with Gasteiger partial charge in [0.1, 0.15) is 11.4 Å². The van der Waals surface area contributed by atoms with Crippen LogP contribution in [0.25, 0.3) is 28.2 Å². The van der Waals surface area contributed by atoms with Crippen molar-refractivity contribution in [3.05, 3.63) is 58.6 Å². The van der Waals surface area contributed by atoms with E-state index < -0.39 is 11.5 Å². The van der Waals surface area contributed by atoms with Crippen molar-refractivity contribution in [3.8, 4) is 17.1 Å². The van der Waals surface area contributed by atoms with Crippen molar-refractivity contribution in [3.63, 3.8) is 0 Å². The van der Waals surface area contributed by atoms with Gasteiger partial charge in [0.05, 0.1) is 5.02 Å². The van der Waals surface area contributed by atoms with Gasteiger partial charge in [0.15, 0.2) is 22.1 Å². The summed E-state index contributed by atoms with van der Waals surface area (Å²) in [7, 11) is 0. The number of halogens is 2. The molecule has 0 saturated carbocycles. The van der Waals surface area contributed by atoms with E-state index in [0.29, 0.717) is 70.5 Å². The molecule has 0 radical (unpaired) electrons. The molecule has 192 valence electrons. The zero-order valence-corrected chi connectivity index (χ0v) is 22.8. The number of anilines is 1. The molecule has 1 amide bonds. The summed E-state index contributed by atoms with van der Waals surface area (Å²) in [5.74, 6) is 0.916. The molecule has 2 aromatic heterocycles. The fourth-order valence-corrected chi connectivity index (χ4v) is 5.41. The maximum absolute atomic E-state index is 12.3. The maximum atomic E-state index is 12.3. The zero-order valence-electron chi connectivity index (χ0n) is 20.4. The van der Waals surface area contributed by atoms with Crippen molar-refractivity contribution < 1.29 is 9.53 Å². The molecule has 0 aliphatic carbocycles. The van der Waals surface area contributed by atoms with Gasteiger partial charge < -0.3 is 15.4 Å². The molecular weight excluding hydrogens is 531 g/mol. The van der Waals surface area contributed by atoms with Gasteiger partial charge in [-0.3, -0.25) is 9.36 Å². The van der Waals surface area contributed by atoms with E-state index in [1.165, 1.54) is 11.8 Å². The average molecular weight is 558 g/mol. The first-order valence-corrected chi connectivity index (χ1v) is 13.9. The Labute approximate surface area is 229 Å². The number of piperidine rings is 1. The second-order valence-electron chi connectivity index (χ2n) is 8.71. The Morgan fingerprint density at radius 3 is 2.41 bits per heavy atom. The van der Waals surface area contributed by atoms with E-state index in [4.69, 9.17) is 48.6 Å². The number of carbonyl (C=O) groups excluding carboxylic acids is 1. The van der Waals surface area contributed by atoms with Crippen LogP contribution in [0.15, 0.2) is 53.7 Å². The molecule has 0 atom stereocenters. The minimum atomic E-state index is -0.967. The summed E-state index contributed by atoms with van der Waals surface area (Å²) >= 11 is 14.3. The van der Waals surface area contributed by atoms with Crippen LogP contribution in [0.4, 0.5) is 5.82 Å². The standard InChI is InChI=1S/C26H26Cl2N6O2S/c1-3-36-26(24(29)35)12-14-33(15-13-26)22-20-23(32-25(31-22)37-2)34(17-10-8-16(27)9-11-17)21(30-20)18-6-4-5-7-19(18)28/h4-11H,3,12-15H2,1-2H3,(H2,29,35). The number of hydrogen-bond donors (Lipinski definition) is 1. The highest BCUT2D eigenvalue weighted by Gasteiger charge is 2.41. The third-order valence-electron chi connectivity index (χ3n) is 6.59. The Morgan fingerprint density at radius 2 is 1.78 bits per heavy atom. The molecule has 1 aliphatic rings. The summed E-state index contributed by atoms with van der Waals surface area (Å²) in [6.07, 6.45) is 2.86. The van der Waals surface area contributed by atoms with Gasteiger partial charge in [0.2, 0.25) is 5.91 Å². The summed E-state index contributed by atoms with van der Waals surface area (Å²) < 4.78 is 7.81. The molecule has 11 heteroatoms. The Kier molecular flexibility index (Phi) is 7.31. The number of aromatic nitrogens is 4. The van der Waals surface area contributed by atoms with Crippen LogP contribution in [0.3, 0.4) is 0 Å². The van der Waals surface area contributed by atoms with E-state index in [-0.39, 0.29) is 0 Å². The van der Waals surface area contributed by atoms with Gasteiger partial charge in [-0.05, 0) is 49.6 Å². The Hall–Kier alpha value is -2.85. The fraction of sp³-hybridized carbons (Fsp3) is 0.308. The summed E-state index contributed by atoms with van der Waals surface area (Å²) in [6.45, 7) is 3.37. The number of thioether (sulfide) groups is 1. The fourth-order valence-electron chi connectivity index (χ4n) is 4.71. The molecule has 1 saturated heterocycles. The first-order chi connectivity index (χ1) is 17.9. The minimum absolute atomic E-state index is 0.421. The van der Waals surface area contributed by atoms with Crippen LogP contribution in [0, 0.1) is 0 Å². The molecule has 1 aliphatic heterocycles. The zero-order chi connectivity index (χ0) is 26.2. The number of nitrogens with zero attached hydrogens (tertiary/aromatic N) is 5. The van der Waals surface area contributed by atoms with Gasteiger partial charge in [-0.25, -0.2) is 15.0 Å². The predicted octanol–water partition coefficient (Wildman–Crippen LogP) is 5.37. The van der Waals surface area contributed by atoms with Crippen molar-refractivity contribution >= 4 is 57.9 Å². The van der Waals surface area contributed by atoms with Gasteiger partial charge >= 0.3 is 0 Å². The number of nitrogens with two attached hydrogens (primary N) is 1. The van der Waals surface area contributed by atoms with Crippen LogP contribution in [0.5, 0.6) is 0 Å². The molecule has 2 N–H and O–H groups in total. The van der Waals surface area contributed by atoms with Gasteiger partial charge in [-0.15, -0.1) is 0 Å². The van der Waals surface area contributed by atoms with Crippen LogP contribution in [-0.2, 0) is 9.53 Å². The molecule has 1 fully saturated rings. The smallest absolute Gasteiger partial charge is 0.249 e. The minimum Gasteiger partial charge on any atom is -0.367 e. The number of hydrogen-bond acceptors (Lipinski definition) is 7. The first kappa shape index (κ1) is 25.8. The molecule has 5 rings (SSSR count). The largest absolute Gasteiger partial charge is 0.367 e. The average Bonchev–Trinajstić information content (AvgIpc) is 3.28. The molecule has 8 nitrogen and oxygen atoms in total. The van der Waals surface area contributed by atoms with E-state index in [1.54, 1.807) is 0 Å². The molecule has 0 spiro atoms. The molecule has 0 bridgehead atoms. The number of amides is 1. The van der Waals surface area contributed by atoms with E-state index >= 15 is 0 Å². The van der Waals surface area contributed by atoms with Gasteiger partial charge in [0, 0.05) is 48.8 Å². The Morgan fingerprint density at radius 1 is 1.08 bits per heavy atom. The number of primary amides is 1. The van der Waals surface area contributed by atoms with Crippen molar-refractivity contribution in [1.82, 2.24) is 19.5 Å². The van der Waals surface area contributed by atoms with Gasteiger partial charge in [-0.2, -0.15) is 0 Å². The van der Waals surface area contributed by atoms with E-state index in [1.807, 2.05) is 66.3 Å². The summed E-state index contributed by atoms with van der Waals surface area (Å²) in [4.78, 5) is 29.1. The highest BCUT2D eigenvalue weighted by molar-refractivity contribution is 7.98. The lowest BCUT2D eigenvalue weighted by molar-refractivity contribution is -0.146. The van der Waals surface area contributed by atoms with E-state index in [0.717, 1.165) is 11.3 Å². The second-order valence-corrected chi connectivity index (χ2v) is 10.3. The maximum Gasteiger partial charge on any atom is 0.249 e. The molecule has 0 unspecified atom stereocenters. The van der Waals surface area contributed by atoms with Crippen molar-refractivity contribution in [2.45, 2.75) is 30.5 Å². The summed E-state index contributed by atoms with van der Waals surface area (Å²) in [6, 6.07) is 15.1. The lowest BCUT2D eigenvalue weighted by atomic mass is 9.90. The molecule has 2 aromatic carbocycles. The third-order valence-corrected chi connectivity index (χ3v) is 7.72. The molecular formula is C26H26Cl2N6O2S. The van der Waals surface area contributed by atoms with Crippen LogP contribution >= 0.6 is 35.0 Å². The van der Waals surface area contributed by atoms with E-state index in [2.05, 4.69) is 4.90 Å². The number of rotatable bonds is 7. The van der Waals surface area contributed by atoms with Gasteiger partial charge in [-0.1, -0.05) is 47.1 Å². The topological polar surface area (TPSA) is 99.2 Å². The number of fused-ring (bicyclic) bond motifs is 1. The van der Waals surface area contributed by atoms with Gasteiger partial charge in [0.25, 0.3) is 0 Å². The Bertz CT molecular complexity index is 1450. The second kappa shape index (κ2) is 10.5. The van der Waals surface area contributed by atoms with Crippen LogP contribution in [0.2, 0.25) is 10.0 Å². The number of carbonyl (C=O) groups is 1. The molecule has 3 heterocycles. The molecule has 4 aromatic rings. The number of imidazole rings is 1. The SMILES string of the molecule is CCOC1(C(N)=O)CCN(c2nc(SC)nc3c2nc(-c2ccccc2Cl)n3-c2ccc(Cl)cc2)CC1. The van der Waals surface area contributed by atoms with Crippen LogP contribution < -0.4 is 10.6 Å². The highest BCUT2D eigenvalue weighted by Crippen LogP contribution is 2.37. The quantitative estimate of drug-likeness (QED) is 0.241. The predicted molar refractivity (Wildman–Crippen MR) is 149 cm³/mol. The van der Waals surface area contributed by atoms with Crippen LogP contribution in [-0.4, -0.2) is 57.0 Å². The van der Waals surface area contributed by atoms with Crippen molar-refractivity contribution in [2.75, 3.05) is 30.9 Å². The summed E-state index contributed by atoms with van der Waals surface area (Å²) in [5, 5.41) is 1.82. The third kappa shape index (κ3) is 4.77. The number of benzene rings is 2. The molecule has 37 heavy (non-hydrogen) atoms. The first-order valence-electron chi connectivity index (χ1n) is 11.9. The lowest BCUT2D eigenvalue weighted by Gasteiger charge is -2.39. The number of ether oxygens (including phenoxy) is 1. The monoisotopic (exact) mass is 556 g/mol. The lowest BCUT2D eigenvalue weighted by Crippen LogP contribution is -2.54. The summed E-state index contributed by atoms with van der Waals surface area (Å²) in [5.41, 5.74) is 7.69. The van der Waals surface area contributed by atoms with Crippen LogP contribution in [0.1, 0.15) is 19.8 Å². The van der Waals surface area contributed by atoms with Crippen molar-refractivity contribution in [2.24, 2.45) is 5.73 Å². The Balaban J connectivity index is 1.69.